The lowest BCUT2D eigenvalue weighted by Gasteiger charge is -2.02. The molecule has 3 heterocycles. The molecule has 0 unspecified atom stereocenters. The first-order valence-corrected chi connectivity index (χ1v) is 11.3. The molecule has 5 aromatic rings. The van der Waals surface area contributed by atoms with Crippen LogP contribution in [0.4, 0.5) is 9.52 Å². The summed E-state index contributed by atoms with van der Waals surface area (Å²) in [6.45, 7) is 0. The molecule has 158 valence electrons. The second kappa shape index (κ2) is 8.45. The van der Waals surface area contributed by atoms with Gasteiger partial charge in [0.1, 0.15) is 15.7 Å². The van der Waals surface area contributed by atoms with Gasteiger partial charge >= 0.3 is 0 Å². The summed E-state index contributed by atoms with van der Waals surface area (Å²) in [4.78, 5) is 27.4. The van der Waals surface area contributed by atoms with E-state index in [1.54, 1.807) is 24.4 Å². The Balaban J connectivity index is 1.46. The second-order valence-electron chi connectivity index (χ2n) is 6.89. The minimum atomic E-state index is -0.374. The fourth-order valence-electron chi connectivity index (χ4n) is 3.20. The largest absolute Gasteiger partial charge is 0.333 e. The number of carbonyl (C=O) groups is 1. The molecule has 0 spiro atoms. The topological polar surface area (TPSA) is 72.7 Å². The first-order chi connectivity index (χ1) is 15.6. The Bertz CT molecular complexity index is 1410. The molecule has 0 bridgehead atoms. The first-order valence-electron chi connectivity index (χ1n) is 9.66. The number of benzene rings is 2. The zero-order valence-corrected chi connectivity index (χ0v) is 18.5. The predicted molar refractivity (Wildman–Crippen MR) is 125 cm³/mol. The van der Waals surface area contributed by atoms with Crippen molar-refractivity contribution in [1.29, 1.82) is 0 Å². The van der Waals surface area contributed by atoms with Gasteiger partial charge < -0.3 is 4.57 Å². The van der Waals surface area contributed by atoms with Gasteiger partial charge in [-0.15, -0.1) is 11.3 Å². The Labute approximate surface area is 191 Å². The minimum absolute atomic E-state index is 0.343. The molecule has 32 heavy (non-hydrogen) atoms. The van der Waals surface area contributed by atoms with Gasteiger partial charge in [-0.25, -0.2) is 19.3 Å². The number of hydrogen-bond acceptors (Lipinski definition) is 6. The molecule has 0 atom stereocenters. The third kappa shape index (κ3) is 3.83. The van der Waals surface area contributed by atoms with Crippen LogP contribution in [0.25, 0.3) is 32.5 Å². The third-order valence-corrected chi connectivity index (χ3v) is 6.75. The molecule has 0 aliphatic heterocycles. The summed E-state index contributed by atoms with van der Waals surface area (Å²) in [5.41, 5.74) is 2.05. The zero-order valence-electron chi connectivity index (χ0n) is 16.8. The summed E-state index contributed by atoms with van der Waals surface area (Å²) in [5, 5.41) is 3.76. The number of amides is 1. The highest BCUT2D eigenvalue weighted by molar-refractivity contribution is 7.20. The maximum Gasteiger partial charge on any atom is 0.269 e. The van der Waals surface area contributed by atoms with Crippen molar-refractivity contribution >= 4 is 33.7 Å². The molecule has 1 N–H and O–H groups in total. The molecule has 9 heteroatoms. The normalized spacial score (nSPS) is 10.9. The van der Waals surface area contributed by atoms with Gasteiger partial charge in [-0.3, -0.25) is 10.1 Å². The number of nitrogens with one attached hydrogen (secondary N) is 1. The van der Waals surface area contributed by atoms with Gasteiger partial charge in [-0.2, -0.15) is 0 Å². The number of nitrogens with zero attached hydrogens (tertiary/aromatic N) is 4. The van der Waals surface area contributed by atoms with Crippen LogP contribution in [-0.2, 0) is 7.05 Å². The average molecular weight is 462 g/mol. The SMILES string of the molecule is Cn1ccnc1-c1sc(NC(=O)c2cnc(-c3ccccc3F)s2)nc1-c1ccccc1. The quantitative estimate of drug-likeness (QED) is 0.363. The highest BCUT2D eigenvalue weighted by Crippen LogP contribution is 2.38. The van der Waals surface area contributed by atoms with E-state index in [4.69, 9.17) is 0 Å². The zero-order chi connectivity index (χ0) is 22.1. The van der Waals surface area contributed by atoms with Gasteiger partial charge in [-0.05, 0) is 12.1 Å². The van der Waals surface area contributed by atoms with Gasteiger partial charge in [0.15, 0.2) is 11.0 Å². The monoisotopic (exact) mass is 461 g/mol. The lowest BCUT2D eigenvalue weighted by Crippen LogP contribution is -2.09. The van der Waals surface area contributed by atoms with Crippen LogP contribution in [0.2, 0.25) is 0 Å². The Morgan fingerprint density at radius 2 is 1.81 bits per heavy atom. The molecule has 5 rings (SSSR count). The fourth-order valence-corrected chi connectivity index (χ4v) is 5.06. The standard InChI is InChI=1S/C23H16FN5OS2/c1-29-12-11-25-20(29)19-18(14-7-3-2-4-8-14)27-23(32-19)28-21(30)17-13-26-22(31-17)15-9-5-6-10-16(15)24/h2-13H,1H3,(H,27,28,30). The highest BCUT2D eigenvalue weighted by atomic mass is 32.1. The van der Waals surface area contributed by atoms with Crippen molar-refractivity contribution in [3.8, 4) is 32.5 Å². The van der Waals surface area contributed by atoms with Crippen molar-refractivity contribution < 1.29 is 9.18 Å². The Morgan fingerprint density at radius 3 is 2.56 bits per heavy atom. The van der Waals surface area contributed by atoms with Gasteiger partial charge in [0.2, 0.25) is 0 Å². The third-order valence-electron chi connectivity index (χ3n) is 4.75. The van der Waals surface area contributed by atoms with Gasteiger partial charge in [0.05, 0.1) is 16.8 Å². The molecular weight excluding hydrogens is 445 g/mol. The van der Waals surface area contributed by atoms with Crippen molar-refractivity contribution in [3.63, 3.8) is 0 Å². The van der Waals surface area contributed by atoms with Crippen LogP contribution in [-0.4, -0.2) is 25.4 Å². The Kier molecular flexibility index (Phi) is 5.34. The molecule has 2 aromatic carbocycles. The summed E-state index contributed by atoms with van der Waals surface area (Å²) in [6, 6.07) is 16.1. The lowest BCUT2D eigenvalue weighted by molar-refractivity contribution is 0.103. The van der Waals surface area contributed by atoms with Gasteiger partial charge in [0, 0.05) is 30.6 Å². The van der Waals surface area contributed by atoms with E-state index in [1.807, 2.05) is 48.1 Å². The van der Waals surface area contributed by atoms with Crippen LogP contribution in [0.3, 0.4) is 0 Å². The van der Waals surface area contributed by atoms with Crippen LogP contribution in [0.15, 0.2) is 73.2 Å². The number of aryl methyl sites for hydroxylation is 1. The number of aromatic nitrogens is 4. The number of imidazole rings is 1. The predicted octanol–water partition coefficient (Wildman–Crippen LogP) is 5.73. The number of carbonyl (C=O) groups excluding carboxylic acids is 1. The first kappa shape index (κ1) is 20.2. The van der Waals surface area contributed by atoms with Crippen LogP contribution in [0.1, 0.15) is 9.67 Å². The van der Waals surface area contributed by atoms with Crippen molar-refractivity contribution in [2.45, 2.75) is 0 Å². The van der Waals surface area contributed by atoms with Crippen LogP contribution < -0.4 is 5.32 Å². The van der Waals surface area contributed by atoms with Crippen LogP contribution in [0, 0.1) is 5.82 Å². The molecule has 1 amide bonds. The van der Waals surface area contributed by atoms with Crippen molar-refractivity contribution in [3.05, 3.63) is 83.9 Å². The van der Waals surface area contributed by atoms with E-state index < -0.39 is 0 Å². The van der Waals surface area contributed by atoms with Crippen molar-refractivity contribution in [2.24, 2.45) is 7.05 Å². The average Bonchev–Trinajstić information content (AvgIpc) is 3.54. The molecule has 0 saturated heterocycles. The number of thiazole rings is 2. The van der Waals surface area contributed by atoms with Gasteiger partial charge in [-0.1, -0.05) is 53.8 Å². The van der Waals surface area contributed by atoms with E-state index in [0.717, 1.165) is 33.3 Å². The summed E-state index contributed by atoms with van der Waals surface area (Å²) in [6.07, 6.45) is 5.04. The highest BCUT2D eigenvalue weighted by Gasteiger charge is 2.20. The molecule has 0 aliphatic carbocycles. The van der Waals surface area contributed by atoms with E-state index in [0.29, 0.717) is 20.6 Å². The van der Waals surface area contributed by atoms with Crippen LogP contribution in [0.5, 0.6) is 0 Å². The number of halogens is 1. The van der Waals surface area contributed by atoms with E-state index in [9.17, 15) is 9.18 Å². The maximum atomic E-state index is 14.1. The second-order valence-corrected chi connectivity index (χ2v) is 8.92. The van der Waals surface area contributed by atoms with E-state index in [1.165, 1.54) is 23.6 Å². The minimum Gasteiger partial charge on any atom is -0.333 e. The lowest BCUT2D eigenvalue weighted by atomic mass is 10.1. The molecule has 6 nitrogen and oxygen atoms in total. The summed E-state index contributed by atoms with van der Waals surface area (Å²) < 4.78 is 16.0. The Morgan fingerprint density at radius 1 is 1.03 bits per heavy atom. The maximum absolute atomic E-state index is 14.1. The molecule has 3 aromatic heterocycles. The number of rotatable bonds is 5. The van der Waals surface area contributed by atoms with Crippen molar-refractivity contribution in [2.75, 3.05) is 5.32 Å². The number of anilines is 1. The summed E-state index contributed by atoms with van der Waals surface area (Å²) in [7, 11) is 1.91. The summed E-state index contributed by atoms with van der Waals surface area (Å²) >= 11 is 2.49. The molecule has 0 aliphatic rings. The Hall–Kier alpha value is -3.69. The van der Waals surface area contributed by atoms with Crippen LogP contribution >= 0.6 is 22.7 Å². The van der Waals surface area contributed by atoms with E-state index in [-0.39, 0.29) is 11.7 Å². The molecule has 0 fully saturated rings. The van der Waals surface area contributed by atoms with Gasteiger partial charge in [0.25, 0.3) is 5.91 Å². The molecule has 0 saturated carbocycles. The summed E-state index contributed by atoms with van der Waals surface area (Å²) in [5.74, 6) is 0.0484. The fraction of sp³-hybridized carbons (Fsp3) is 0.0435. The van der Waals surface area contributed by atoms with E-state index in [2.05, 4.69) is 20.3 Å². The smallest absolute Gasteiger partial charge is 0.269 e. The molecule has 0 radical (unpaired) electrons. The van der Waals surface area contributed by atoms with E-state index >= 15 is 0 Å². The number of hydrogen-bond donors (Lipinski definition) is 1. The molecular formula is C23H16FN5OS2. The van der Waals surface area contributed by atoms with Crippen molar-refractivity contribution in [1.82, 2.24) is 19.5 Å².